The van der Waals surface area contributed by atoms with Crippen molar-refractivity contribution in [2.75, 3.05) is 17.7 Å². The van der Waals surface area contributed by atoms with Crippen LogP contribution in [0.3, 0.4) is 0 Å². The van der Waals surface area contributed by atoms with Gasteiger partial charge in [-0.15, -0.1) is 11.3 Å². The van der Waals surface area contributed by atoms with Crippen molar-refractivity contribution in [3.8, 4) is 11.1 Å². The second-order valence-corrected chi connectivity index (χ2v) is 12.1. The number of ketones is 1. The maximum absolute atomic E-state index is 13.6. The Kier molecular flexibility index (Phi) is 8.74. The molecule has 10 heteroatoms. The third-order valence-corrected chi connectivity index (χ3v) is 9.29. The number of methoxy groups -OCH3 is 1. The van der Waals surface area contributed by atoms with Crippen LogP contribution in [-0.2, 0) is 16.1 Å². The largest absolute Gasteiger partial charge is 0.453 e. The van der Waals surface area contributed by atoms with Crippen LogP contribution in [0.1, 0.15) is 93.9 Å². The Balaban J connectivity index is 1.53. The number of carbonyl (C=O) groups is 4. The van der Waals surface area contributed by atoms with Crippen molar-refractivity contribution in [2.24, 2.45) is 11.7 Å². The summed E-state index contributed by atoms with van der Waals surface area (Å²) in [5.74, 6) is -0.292. The second-order valence-electron chi connectivity index (χ2n) is 11.1. The maximum Gasteiger partial charge on any atom is 0.411 e. The van der Waals surface area contributed by atoms with Gasteiger partial charge in [0.1, 0.15) is 0 Å². The average Bonchev–Trinajstić information content (AvgIpc) is 3.73. The molecule has 1 aromatic heterocycles. The number of fused-ring (bicyclic) bond motifs is 4. The van der Waals surface area contributed by atoms with Crippen molar-refractivity contribution >= 4 is 46.4 Å². The number of thiophene rings is 1. The Morgan fingerprint density at radius 3 is 2.52 bits per heavy atom. The van der Waals surface area contributed by atoms with E-state index in [1.54, 1.807) is 18.2 Å². The van der Waals surface area contributed by atoms with E-state index < -0.39 is 6.09 Å². The summed E-state index contributed by atoms with van der Waals surface area (Å²) >= 11 is 1.36. The molecular weight excluding hydrogens is 552 g/mol. The Bertz CT molecular complexity index is 1540. The monoisotopic (exact) mass is 588 g/mol. The highest BCUT2D eigenvalue weighted by Gasteiger charge is 2.29. The van der Waals surface area contributed by atoms with Gasteiger partial charge in [-0.25, -0.2) is 4.79 Å². The van der Waals surface area contributed by atoms with Crippen molar-refractivity contribution < 1.29 is 23.9 Å². The average molecular weight is 589 g/mol. The molecule has 0 unspecified atom stereocenters. The number of amides is 3. The van der Waals surface area contributed by atoms with Crippen LogP contribution in [0.5, 0.6) is 0 Å². The number of hydrogen-bond acceptors (Lipinski definition) is 7. The first kappa shape index (κ1) is 29.5. The van der Waals surface area contributed by atoms with E-state index in [1.807, 2.05) is 31.2 Å². The number of Topliss-reactive ketones (excluding diaryl/α,β-unsaturated/α-hetero) is 1. The summed E-state index contributed by atoms with van der Waals surface area (Å²) in [6.45, 7) is 3.82. The van der Waals surface area contributed by atoms with E-state index >= 15 is 0 Å². The van der Waals surface area contributed by atoms with Crippen molar-refractivity contribution in [3.63, 3.8) is 0 Å². The zero-order valence-electron chi connectivity index (χ0n) is 24.0. The third kappa shape index (κ3) is 6.39. The van der Waals surface area contributed by atoms with E-state index in [0.29, 0.717) is 64.7 Å². The fraction of sp³-hybridized carbons (Fsp3) is 0.375. The Labute approximate surface area is 249 Å². The van der Waals surface area contributed by atoms with Gasteiger partial charge in [-0.1, -0.05) is 25.5 Å². The van der Waals surface area contributed by atoms with Gasteiger partial charge in [0, 0.05) is 39.7 Å². The molecule has 3 aromatic rings. The fourth-order valence-corrected chi connectivity index (χ4v) is 6.57. The van der Waals surface area contributed by atoms with E-state index in [9.17, 15) is 19.2 Å². The standard InChI is InChI=1S/C32H36N4O5S/c1-17-5-4-6-26(35-31(39)20-9-10-21(16-33)24(13-20)19-7-8-19)28-15-25(29(42-28)18(2)37)23-12-11-22(34-32(40)41-3)14-27(23)36-30(17)38/h9-15,17,19,26H,4-8,16,33H2,1-3H3,(H,34,40)(H,35,39)(H,36,38)/t17-,26+/m1/s1. The summed E-state index contributed by atoms with van der Waals surface area (Å²) in [6.07, 6.45) is 3.51. The molecule has 0 spiro atoms. The topological polar surface area (TPSA) is 140 Å². The molecule has 2 atom stereocenters. The molecule has 1 fully saturated rings. The first-order valence-corrected chi connectivity index (χ1v) is 15.1. The highest BCUT2D eigenvalue weighted by Crippen LogP contribution is 2.43. The van der Waals surface area contributed by atoms with Gasteiger partial charge in [0.2, 0.25) is 5.91 Å². The summed E-state index contributed by atoms with van der Waals surface area (Å²) in [5.41, 5.74) is 11.0. The summed E-state index contributed by atoms with van der Waals surface area (Å²) in [5, 5.41) is 8.86. The number of ether oxygens (including phenoxy) is 1. The van der Waals surface area contributed by atoms with E-state index in [4.69, 9.17) is 10.5 Å². The van der Waals surface area contributed by atoms with Crippen LogP contribution < -0.4 is 21.7 Å². The van der Waals surface area contributed by atoms with Crippen LogP contribution in [0.15, 0.2) is 42.5 Å². The van der Waals surface area contributed by atoms with Crippen molar-refractivity contribution in [1.29, 1.82) is 0 Å². The molecule has 2 aliphatic rings. The zero-order valence-corrected chi connectivity index (χ0v) is 24.9. The molecule has 1 saturated carbocycles. The van der Waals surface area contributed by atoms with Gasteiger partial charge in [-0.2, -0.15) is 0 Å². The molecule has 2 aromatic carbocycles. The Morgan fingerprint density at radius 1 is 1.05 bits per heavy atom. The summed E-state index contributed by atoms with van der Waals surface area (Å²) in [4.78, 5) is 52.8. The second kappa shape index (κ2) is 12.5. The minimum absolute atomic E-state index is 0.116. The number of nitrogens with one attached hydrogen (secondary N) is 3. The van der Waals surface area contributed by atoms with Crippen LogP contribution in [0.2, 0.25) is 0 Å². The summed E-state index contributed by atoms with van der Waals surface area (Å²) < 4.78 is 4.71. The molecule has 2 bridgehead atoms. The molecular formula is C32H36N4O5S. The van der Waals surface area contributed by atoms with Gasteiger partial charge in [0.25, 0.3) is 5.91 Å². The first-order chi connectivity index (χ1) is 20.2. The number of benzene rings is 2. The minimum atomic E-state index is -0.634. The van der Waals surface area contributed by atoms with Gasteiger partial charge in [0.05, 0.1) is 23.7 Å². The molecule has 220 valence electrons. The van der Waals surface area contributed by atoms with Crippen molar-refractivity contribution in [2.45, 2.75) is 64.5 Å². The van der Waals surface area contributed by atoms with E-state index in [1.165, 1.54) is 25.4 Å². The lowest BCUT2D eigenvalue weighted by molar-refractivity contribution is -0.119. The van der Waals surface area contributed by atoms with Gasteiger partial charge < -0.3 is 21.1 Å². The highest BCUT2D eigenvalue weighted by molar-refractivity contribution is 7.14. The van der Waals surface area contributed by atoms with E-state index in [0.717, 1.165) is 28.8 Å². The number of nitrogens with two attached hydrogens (primary N) is 1. The van der Waals surface area contributed by atoms with E-state index in [2.05, 4.69) is 16.0 Å². The first-order valence-electron chi connectivity index (χ1n) is 14.3. The maximum atomic E-state index is 13.6. The number of hydrogen-bond donors (Lipinski definition) is 4. The van der Waals surface area contributed by atoms with Crippen LogP contribution >= 0.6 is 11.3 Å². The predicted molar refractivity (Wildman–Crippen MR) is 164 cm³/mol. The van der Waals surface area contributed by atoms with E-state index in [-0.39, 0.29) is 29.6 Å². The fourth-order valence-electron chi connectivity index (χ4n) is 5.41. The quantitative estimate of drug-likeness (QED) is 0.247. The molecule has 3 amide bonds. The normalized spacial score (nSPS) is 18.5. The molecule has 5 rings (SSSR count). The SMILES string of the molecule is COC(=O)Nc1ccc2c(c1)NC(=O)[C@H](C)CCC[C@H](NC(=O)c1ccc(CN)c(C3CC3)c1)c1cc-2c(C(C)=O)s1. The van der Waals surface area contributed by atoms with Gasteiger partial charge >= 0.3 is 6.09 Å². The van der Waals surface area contributed by atoms with Gasteiger partial charge in [0.15, 0.2) is 5.78 Å². The number of anilines is 2. The molecule has 0 saturated heterocycles. The third-order valence-electron chi connectivity index (χ3n) is 7.94. The zero-order chi connectivity index (χ0) is 30.0. The molecule has 1 aliphatic carbocycles. The van der Waals surface area contributed by atoms with Crippen LogP contribution in [0.4, 0.5) is 16.2 Å². The van der Waals surface area contributed by atoms with Crippen LogP contribution in [0, 0.1) is 5.92 Å². The van der Waals surface area contributed by atoms with Gasteiger partial charge in [-0.05, 0) is 80.0 Å². The van der Waals surface area contributed by atoms with Crippen molar-refractivity contribution in [3.05, 3.63) is 68.9 Å². The Hall–Kier alpha value is -4.02. The molecule has 0 radical (unpaired) electrons. The molecule has 9 nitrogen and oxygen atoms in total. The van der Waals surface area contributed by atoms with Gasteiger partial charge in [-0.3, -0.25) is 19.7 Å². The van der Waals surface area contributed by atoms with Crippen molar-refractivity contribution in [1.82, 2.24) is 5.32 Å². The molecule has 5 N–H and O–H groups in total. The number of carbonyl (C=O) groups excluding carboxylic acids is 4. The highest BCUT2D eigenvalue weighted by atomic mass is 32.1. The molecule has 42 heavy (non-hydrogen) atoms. The van der Waals surface area contributed by atoms with Crippen LogP contribution in [0.25, 0.3) is 11.1 Å². The lowest BCUT2D eigenvalue weighted by Crippen LogP contribution is -2.29. The smallest absolute Gasteiger partial charge is 0.411 e. The Morgan fingerprint density at radius 2 is 1.83 bits per heavy atom. The number of rotatable bonds is 6. The summed E-state index contributed by atoms with van der Waals surface area (Å²) in [6, 6.07) is 12.4. The van der Waals surface area contributed by atoms with Crippen LogP contribution in [-0.4, -0.2) is 30.8 Å². The lowest BCUT2D eigenvalue weighted by Gasteiger charge is -2.21. The molecule has 2 heterocycles. The minimum Gasteiger partial charge on any atom is -0.453 e. The predicted octanol–water partition coefficient (Wildman–Crippen LogP) is 6.36. The lowest BCUT2D eigenvalue weighted by atomic mass is 9.95. The summed E-state index contributed by atoms with van der Waals surface area (Å²) in [7, 11) is 1.27. The molecule has 1 aliphatic heterocycles.